The number of carbonyl (C=O) groups excluding carboxylic acids is 1. The fourth-order valence-electron chi connectivity index (χ4n) is 2.72. The lowest BCUT2D eigenvalue weighted by Gasteiger charge is -2.31. The lowest BCUT2D eigenvalue weighted by molar-refractivity contribution is -0.138. The van der Waals surface area contributed by atoms with E-state index in [1.54, 1.807) is 12.0 Å². The third kappa shape index (κ3) is 3.49. The normalized spacial score (nSPS) is 32.4. The summed E-state index contributed by atoms with van der Waals surface area (Å²) in [7, 11) is -1.48. The first kappa shape index (κ1) is 15.7. The molecule has 7 nitrogen and oxygen atoms in total. The van der Waals surface area contributed by atoms with E-state index in [1.165, 1.54) is 0 Å². The predicted molar refractivity (Wildman–Crippen MR) is 72.9 cm³/mol. The minimum Gasteiger partial charge on any atom is -0.383 e. The highest BCUT2D eigenvalue weighted by molar-refractivity contribution is 7.91. The third-order valence-electron chi connectivity index (χ3n) is 3.91. The summed E-state index contributed by atoms with van der Waals surface area (Å²) in [4.78, 5) is 14.2. The maximum Gasteiger partial charge on any atom is 0.230 e. The fourth-order valence-corrected chi connectivity index (χ4v) is 4.45. The van der Waals surface area contributed by atoms with Gasteiger partial charge in [0.15, 0.2) is 9.84 Å². The lowest BCUT2D eigenvalue weighted by Crippen LogP contribution is -2.49. The number of rotatable bonds is 5. The maximum atomic E-state index is 12.6. The monoisotopic (exact) mass is 306 g/mol. The molecule has 1 amide bonds. The number of methoxy groups -OCH3 is 1. The van der Waals surface area contributed by atoms with E-state index in [0.29, 0.717) is 32.8 Å². The van der Waals surface area contributed by atoms with Gasteiger partial charge >= 0.3 is 0 Å². The first-order chi connectivity index (χ1) is 9.44. The molecule has 2 heterocycles. The van der Waals surface area contributed by atoms with Crippen LogP contribution in [0.4, 0.5) is 0 Å². The van der Waals surface area contributed by atoms with Crippen molar-refractivity contribution in [1.29, 1.82) is 0 Å². The Balaban J connectivity index is 2.08. The van der Waals surface area contributed by atoms with Crippen LogP contribution < -0.4 is 5.73 Å². The minimum absolute atomic E-state index is 0.0330. The molecule has 2 aliphatic heterocycles. The van der Waals surface area contributed by atoms with Crippen molar-refractivity contribution in [3.8, 4) is 0 Å². The van der Waals surface area contributed by atoms with Crippen LogP contribution in [0.2, 0.25) is 0 Å². The van der Waals surface area contributed by atoms with Crippen LogP contribution in [0.25, 0.3) is 0 Å². The van der Waals surface area contributed by atoms with Gasteiger partial charge in [0.1, 0.15) is 0 Å². The number of amides is 1. The number of hydrogen-bond acceptors (Lipinski definition) is 6. The molecule has 3 unspecified atom stereocenters. The number of ether oxygens (including phenoxy) is 2. The molecule has 3 atom stereocenters. The average molecular weight is 306 g/mol. The molecule has 2 fully saturated rings. The lowest BCUT2D eigenvalue weighted by atomic mass is 10.0. The van der Waals surface area contributed by atoms with Crippen LogP contribution in [0.1, 0.15) is 6.42 Å². The molecular formula is C12H22N2O5S. The zero-order valence-electron chi connectivity index (χ0n) is 11.7. The van der Waals surface area contributed by atoms with Crippen molar-refractivity contribution >= 4 is 15.7 Å². The minimum atomic E-state index is -3.03. The summed E-state index contributed by atoms with van der Waals surface area (Å²) in [6.45, 7) is 1.45. The van der Waals surface area contributed by atoms with Crippen LogP contribution in [0.5, 0.6) is 0 Å². The van der Waals surface area contributed by atoms with E-state index in [2.05, 4.69) is 0 Å². The van der Waals surface area contributed by atoms with Gasteiger partial charge in [0.05, 0.1) is 37.2 Å². The topological polar surface area (TPSA) is 98.9 Å². The van der Waals surface area contributed by atoms with E-state index in [4.69, 9.17) is 15.2 Å². The molecule has 0 saturated carbocycles. The summed E-state index contributed by atoms with van der Waals surface area (Å²) in [5.41, 5.74) is 5.88. The fraction of sp³-hybridized carbons (Fsp3) is 0.917. The van der Waals surface area contributed by atoms with Crippen LogP contribution in [-0.2, 0) is 24.1 Å². The zero-order valence-corrected chi connectivity index (χ0v) is 12.5. The summed E-state index contributed by atoms with van der Waals surface area (Å²) in [6, 6.07) is -0.582. The molecule has 116 valence electrons. The molecule has 2 saturated heterocycles. The van der Waals surface area contributed by atoms with E-state index < -0.39 is 9.84 Å². The summed E-state index contributed by atoms with van der Waals surface area (Å²) in [5.74, 6) is -0.322. The zero-order chi connectivity index (χ0) is 14.8. The standard InChI is InChI=1S/C12H22N2O5S/c1-18-4-3-14(9-2-5-20(16,17)8-9)12(15)10-6-19-7-11(10)13/h9-11H,2-8,13H2,1H3. The summed E-state index contributed by atoms with van der Waals surface area (Å²) < 4.78 is 33.5. The van der Waals surface area contributed by atoms with Crippen molar-refractivity contribution in [3.05, 3.63) is 0 Å². The Kier molecular flexibility index (Phi) is 5.00. The highest BCUT2D eigenvalue weighted by atomic mass is 32.2. The van der Waals surface area contributed by atoms with Gasteiger partial charge in [-0.15, -0.1) is 0 Å². The van der Waals surface area contributed by atoms with E-state index in [9.17, 15) is 13.2 Å². The molecule has 2 N–H and O–H groups in total. The highest BCUT2D eigenvalue weighted by Crippen LogP contribution is 2.22. The SMILES string of the molecule is COCCN(C(=O)C1COCC1N)C1CCS(=O)(=O)C1. The van der Waals surface area contributed by atoms with Crippen molar-refractivity contribution < 1.29 is 22.7 Å². The number of hydrogen-bond donors (Lipinski definition) is 1. The second-order valence-electron chi connectivity index (χ2n) is 5.39. The van der Waals surface area contributed by atoms with Gasteiger partial charge in [0.2, 0.25) is 5.91 Å². The van der Waals surface area contributed by atoms with Gasteiger partial charge in [-0.25, -0.2) is 8.42 Å². The van der Waals surface area contributed by atoms with Gasteiger partial charge in [-0.2, -0.15) is 0 Å². The highest BCUT2D eigenvalue weighted by Gasteiger charge is 2.40. The van der Waals surface area contributed by atoms with Crippen molar-refractivity contribution in [2.45, 2.75) is 18.5 Å². The van der Waals surface area contributed by atoms with Gasteiger partial charge in [-0.05, 0) is 6.42 Å². The van der Waals surface area contributed by atoms with Crippen molar-refractivity contribution in [2.75, 3.05) is 45.0 Å². The first-order valence-corrected chi connectivity index (χ1v) is 8.60. The summed E-state index contributed by atoms with van der Waals surface area (Å²) >= 11 is 0. The number of sulfone groups is 1. The molecule has 20 heavy (non-hydrogen) atoms. The third-order valence-corrected chi connectivity index (χ3v) is 5.66. The van der Waals surface area contributed by atoms with Crippen LogP contribution in [0, 0.1) is 5.92 Å². The van der Waals surface area contributed by atoms with Gasteiger partial charge < -0.3 is 20.1 Å². The van der Waals surface area contributed by atoms with Crippen LogP contribution >= 0.6 is 0 Å². The van der Waals surface area contributed by atoms with Gasteiger partial charge in [-0.1, -0.05) is 0 Å². The molecule has 0 aromatic carbocycles. The molecule has 0 spiro atoms. The van der Waals surface area contributed by atoms with E-state index >= 15 is 0 Å². The molecule has 0 radical (unpaired) electrons. The molecule has 0 aromatic rings. The molecule has 0 aliphatic carbocycles. The Morgan fingerprint density at radius 3 is 2.70 bits per heavy atom. The largest absolute Gasteiger partial charge is 0.383 e. The molecule has 0 aromatic heterocycles. The molecule has 2 aliphatic rings. The van der Waals surface area contributed by atoms with Gasteiger partial charge in [0, 0.05) is 25.7 Å². The van der Waals surface area contributed by atoms with Crippen LogP contribution in [-0.4, -0.2) is 76.3 Å². The Morgan fingerprint density at radius 1 is 1.45 bits per heavy atom. The first-order valence-electron chi connectivity index (χ1n) is 6.78. The van der Waals surface area contributed by atoms with Crippen LogP contribution in [0.15, 0.2) is 0 Å². The Bertz CT molecular complexity index is 453. The molecular weight excluding hydrogens is 284 g/mol. The van der Waals surface area contributed by atoms with E-state index in [-0.39, 0.29) is 35.4 Å². The summed E-state index contributed by atoms with van der Waals surface area (Å²) in [5, 5.41) is 0. The second-order valence-corrected chi connectivity index (χ2v) is 7.62. The molecule has 8 heteroatoms. The van der Waals surface area contributed by atoms with Gasteiger partial charge in [0.25, 0.3) is 0 Å². The van der Waals surface area contributed by atoms with Gasteiger partial charge in [-0.3, -0.25) is 4.79 Å². The smallest absolute Gasteiger partial charge is 0.230 e. The molecule has 2 rings (SSSR count). The maximum absolute atomic E-state index is 12.6. The number of nitrogens with zero attached hydrogens (tertiary/aromatic N) is 1. The Labute approximate surface area is 119 Å². The number of carbonyl (C=O) groups is 1. The predicted octanol–water partition coefficient (Wildman–Crippen LogP) is -1.38. The van der Waals surface area contributed by atoms with Crippen molar-refractivity contribution in [1.82, 2.24) is 4.90 Å². The number of nitrogens with two attached hydrogens (primary N) is 1. The van der Waals surface area contributed by atoms with Crippen molar-refractivity contribution in [3.63, 3.8) is 0 Å². The quantitative estimate of drug-likeness (QED) is 0.672. The Hall–Kier alpha value is -0.700. The summed E-state index contributed by atoms with van der Waals surface area (Å²) in [6.07, 6.45) is 0.487. The average Bonchev–Trinajstić information content (AvgIpc) is 2.95. The van der Waals surface area contributed by atoms with E-state index in [1.807, 2.05) is 0 Å². The van der Waals surface area contributed by atoms with E-state index in [0.717, 1.165) is 0 Å². The van der Waals surface area contributed by atoms with Crippen LogP contribution in [0.3, 0.4) is 0 Å². The van der Waals surface area contributed by atoms with Crippen molar-refractivity contribution in [2.24, 2.45) is 11.7 Å². The Morgan fingerprint density at radius 2 is 2.20 bits per heavy atom. The second kappa shape index (κ2) is 6.38. The molecule has 0 bridgehead atoms.